The van der Waals surface area contributed by atoms with Crippen molar-refractivity contribution < 1.29 is 4.79 Å². The fourth-order valence-corrected chi connectivity index (χ4v) is 3.85. The van der Waals surface area contributed by atoms with Crippen LogP contribution in [0.5, 0.6) is 0 Å². The number of amides is 1. The molecule has 0 aliphatic carbocycles. The van der Waals surface area contributed by atoms with Gasteiger partial charge < -0.3 is 5.32 Å². The van der Waals surface area contributed by atoms with E-state index in [1.807, 2.05) is 42.5 Å². The van der Waals surface area contributed by atoms with Gasteiger partial charge in [-0.3, -0.25) is 4.79 Å². The fraction of sp³-hybridized carbons (Fsp3) is 0.176. The minimum absolute atomic E-state index is 0.00528. The van der Waals surface area contributed by atoms with Crippen molar-refractivity contribution in [3.8, 4) is 0 Å². The minimum Gasteiger partial charge on any atom is -0.352 e. The number of rotatable bonds is 5. The first-order chi connectivity index (χ1) is 10.7. The van der Waals surface area contributed by atoms with Gasteiger partial charge in [0.25, 0.3) is 5.91 Å². The number of nitrogens with one attached hydrogen (secondary N) is 1. The zero-order valence-corrected chi connectivity index (χ0v) is 14.9. The van der Waals surface area contributed by atoms with Crippen LogP contribution in [0.1, 0.15) is 21.8 Å². The molecule has 0 atom stereocenters. The van der Waals surface area contributed by atoms with Crippen molar-refractivity contribution in [2.45, 2.75) is 12.8 Å². The highest BCUT2D eigenvalue weighted by Crippen LogP contribution is 2.22. The van der Waals surface area contributed by atoms with Crippen LogP contribution in [0.2, 0.25) is 0 Å². The Morgan fingerprint density at radius 3 is 2.73 bits per heavy atom. The average molecular weight is 422 g/mol. The van der Waals surface area contributed by atoms with Crippen LogP contribution in [0.15, 0.2) is 48.5 Å². The van der Waals surface area contributed by atoms with Crippen LogP contribution in [0.25, 0.3) is 10.2 Å². The Kier molecular flexibility index (Phi) is 5.04. The van der Waals surface area contributed by atoms with Gasteiger partial charge in [-0.2, -0.15) is 0 Å². The van der Waals surface area contributed by atoms with Crippen LogP contribution in [0.3, 0.4) is 0 Å². The zero-order valence-electron chi connectivity index (χ0n) is 11.9. The summed E-state index contributed by atoms with van der Waals surface area (Å²) in [7, 11) is 0. The molecule has 3 aromatic rings. The number of fused-ring (bicyclic) bond motifs is 1. The highest BCUT2D eigenvalue weighted by Gasteiger charge is 2.08. The van der Waals surface area contributed by atoms with E-state index in [0.29, 0.717) is 6.54 Å². The Morgan fingerprint density at radius 1 is 1.14 bits per heavy atom. The number of aromatic nitrogens is 1. The molecule has 1 amide bonds. The first-order valence-electron chi connectivity index (χ1n) is 7.11. The summed E-state index contributed by atoms with van der Waals surface area (Å²) in [5.41, 5.74) is 1.80. The maximum absolute atomic E-state index is 12.1. The largest absolute Gasteiger partial charge is 0.352 e. The Balaban J connectivity index is 1.51. The molecule has 0 fully saturated rings. The van der Waals surface area contributed by atoms with Gasteiger partial charge in [-0.05, 0) is 53.3 Å². The summed E-state index contributed by atoms with van der Waals surface area (Å²) >= 11 is 3.91. The maximum atomic E-state index is 12.1. The smallest absolute Gasteiger partial charge is 0.252 e. The number of halogens is 1. The third-order valence-electron chi connectivity index (χ3n) is 3.31. The second-order valence-corrected chi connectivity index (χ2v) is 7.19. The summed E-state index contributed by atoms with van der Waals surface area (Å²) in [6.45, 7) is 0.666. The molecule has 1 N–H and O–H groups in total. The lowest BCUT2D eigenvalue weighted by atomic mass is 10.2. The summed E-state index contributed by atoms with van der Waals surface area (Å²) in [5, 5.41) is 4.11. The first-order valence-corrected chi connectivity index (χ1v) is 9.01. The average Bonchev–Trinajstić information content (AvgIpc) is 2.94. The lowest BCUT2D eigenvalue weighted by Crippen LogP contribution is -2.25. The van der Waals surface area contributed by atoms with E-state index in [2.05, 4.69) is 39.0 Å². The molecule has 5 heteroatoms. The Morgan fingerprint density at radius 2 is 1.91 bits per heavy atom. The van der Waals surface area contributed by atoms with Gasteiger partial charge in [-0.1, -0.05) is 24.3 Å². The van der Waals surface area contributed by atoms with E-state index >= 15 is 0 Å². The lowest BCUT2D eigenvalue weighted by Gasteiger charge is -2.06. The predicted molar refractivity (Wildman–Crippen MR) is 99.4 cm³/mol. The Hall–Kier alpha value is -1.47. The molecule has 1 heterocycles. The van der Waals surface area contributed by atoms with Gasteiger partial charge in [0.05, 0.1) is 20.8 Å². The molecule has 1 aromatic heterocycles. The van der Waals surface area contributed by atoms with Crippen molar-refractivity contribution in [3.63, 3.8) is 0 Å². The number of para-hydroxylation sites is 1. The number of hydrogen-bond acceptors (Lipinski definition) is 3. The van der Waals surface area contributed by atoms with Gasteiger partial charge in [0.1, 0.15) is 0 Å². The second-order valence-electron chi connectivity index (χ2n) is 4.91. The molecule has 0 aliphatic rings. The van der Waals surface area contributed by atoms with E-state index in [1.165, 1.54) is 4.70 Å². The number of carbonyl (C=O) groups is 1. The zero-order chi connectivity index (χ0) is 15.4. The quantitative estimate of drug-likeness (QED) is 0.493. The third-order valence-corrected chi connectivity index (χ3v) is 5.35. The number of benzene rings is 2. The van der Waals surface area contributed by atoms with E-state index in [4.69, 9.17) is 0 Å². The van der Waals surface area contributed by atoms with Gasteiger partial charge in [-0.25, -0.2) is 4.98 Å². The van der Waals surface area contributed by atoms with Crippen molar-refractivity contribution in [1.29, 1.82) is 0 Å². The van der Waals surface area contributed by atoms with Crippen LogP contribution in [-0.4, -0.2) is 17.4 Å². The van der Waals surface area contributed by atoms with Gasteiger partial charge in [0, 0.05) is 16.5 Å². The number of nitrogens with zero attached hydrogens (tertiary/aromatic N) is 1. The summed E-state index contributed by atoms with van der Waals surface area (Å²) in [6, 6.07) is 15.8. The Bertz CT molecular complexity index is 767. The summed E-state index contributed by atoms with van der Waals surface area (Å²) < 4.78 is 2.20. The standard InChI is InChI=1S/C17H15IN2OS/c18-13-7-2-1-6-12(13)17(21)19-11-5-10-16-20-14-8-3-4-9-15(14)22-16/h1-4,6-9H,5,10-11H2,(H,19,21). The summed E-state index contributed by atoms with van der Waals surface area (Å²) in [5.74, 6) is -0.00528. The molecule has 112 valence electrons. The van der Waals surface area contributed by atoms with E-state index < -0.39 is 0 Å². The molecule has 0 radical (unpaired) electrons. The highest BCUT2D eigenvalue weighted by molar-refractivity contribution is 14.1. The van der Waals surface area contributed by atoms with Gasteiger partial charge >= 0.3 is 0 Å². The lowest BCUT2D eigenvalue weighted by molar-refractivity contribution is 0.0952. The van der Waals surface area contributed by atoms with Crippen molar-refractivity contribution in [2.75, 3.05) is 6.54 Å². The minimum atomic E-state index is -0.00528. The predicted octanol–water partition coefficient (Wildman–Crippen LogP) is 4.26. The molecule has 0 saturated carbocycles. The van der Waals surface area contributed by atoms with Crippen molar-refractivity contribution in [3.05, 3.63) is 62.7 Å². The molecule has 22 heavy (non-hydrogen) atoms. The molecule has 0 saturated heterocycles. The van der Waals surface area contributed by atoms with Crippen LogP contribution >= 0.6 is 33.9 Å². The topological polar surface area (TPSA) is 42.0 Å². The van der Waals surface area contributed by atoms with Crippen LogP contribution in [-0.2, 0) is 6.42 Å². The molecular formula is C17H15IN2OS. The first kappa shape index (κ1) is 15.4. The number of aryl methyl sites for hydroxylation is 1. The number of thiazole rings is 1. The summed E-state index contributed by atoms with van der Waals surface area (Å²) in [6.07, 6.45) is 1.79. The van der Waals surface area contributed by atoms with E-state index in [9.17, 15) is 4.79 Å². The third kappa shape index (κ3) is 3.64. The monoisotopic (exact) mass is 422 g/mol. The second kappa shape index (κ2) is 7.19. The van der Waals surface area contributed by atoms with Gasteiger partial charge in [-0.15, -0.1) is 11.3 Å². The van der Waals surface area contributed by atoms with Crippen molar-refractivity contribution in [1.82, 2.24) is 10.3 Å². The molecule has 0 bridgehead atoms. The number of carbonyl (C=O) groups excluding carboxylic acids is 1. The van der Waals surface area contributed by atoms with E-state index in [1.54, 1.807) is 11.3 Å². The number of hydrogen-bond donors (Lipinski definition) is 1. The highest BCUT2D eigenvalue weighted by atomic mass is 127. The van der Waals surface area contributed by atoms with Crippen LogP contribution < -0.4 is 5.32 Å². The SMILES string of the molecule is O=C(NCCCc1nc2ccccc2s1)c1ccccc1I. The van der Waals surface area contributed by atoms with Gasteiger partial charge in [0.15, 0.2) is 0 Å². The van der Waals surface area contributed by atoms with Crippen LogP contribution in [0.4, 0.5) is 0 Å². The van der Waals surface area contributed by atoms with Gasteiger partial charge in [0.2, 0.25) is 0 Å². The van der Waals surface area contributed by atoms with E-state index in [0.717, 1.165) is 32.5 Å². The molecule has 0 unspecified atom stereocenters. The summed E-state index contributed by atoms with van der Waals surface area (Å²) in [4.78, 5) is 16.7. The van der Waals surface area contributed by atoms with Crippen molar-refractivity contribution in [2.24, 2.45) is 0 Å². The molecule has 3 nitrogen and oxygen atoms in total. The molecule has 0 spiro atoms. The van der Waals surface area contributed by atoms with Crippen LogP contribution in [0, 0.1) is 3.57 Å². The molecule has 2 aromatic carbocycles. The molecule has 3 rings (SSSR count). The normalized spacial score (nSPS) is 10.8. The molecular weight excluding hydrogens is 407 g/mol. The van der Waals surface area contributed by atoms with E-state index in [-0.39, 0.29) is 5.91 Å². The molecule has 0 aliphatic heterocycles. The maximum Gasteiger partial charge on any atom is 0.252 e. The fourth-order valence-electron chi connectivity index (χ4n) is 2.21. The van der Waals surface area contributed by atoms with Crippen molar-refractivity contribution >= 4 is 50.1 Å². The Labute approximate surface area is 146 Å².